The maximum Gasteiger partial charge on any atom is 0.252 e. The Bertz CT molecular complexity index is 3110. The summed E-state index contributed by atoms with van der Waals surface area (Å²) in [6.07, 6.45) is 0. The lowest BCUT2D eigenvalue weighted by molar-refractivity contribution is 0.590. The number of rotatable bonds is 3. The molecule has 0 atom stereocenters. The highest BCUT2D eigenvalue weighted by atomic mass is 16.3. The molecule has 0 unspecified atom stereocenters. The van der Waals surface area contributed by atoms with Crippen LogP contribution in [-0.2, 0) is 10.8 Å². The molecule has 0 bridgehead atoms. The number of nitrogens with zero attached hydrogens (tertiary/aromatic N) is 2. The van der Waals surface area contributed by atoms with Crippen LogP contribution in [0.3, 0.4) is 0 Å². The van der Waals surface area contributed by atoms with Crippen LogP contribution < -0.4 is 26.2 Å². The van der Waals surface area contributed by atoms with Gasteiger partial charge in [-0.15, -0.1) is 0 Å². The molecule has 0 aliphatic carbocycles. The molecule has 2 aliphatic heterocycles. The summed E-state index contributed by atoms with van der Waals surface area (Å²) < 4.78 is 6.47. The predicted molar refractivity (Wildman–Crippen MR) is 248 cm³/mol. The van der Waals surface area contributed by atoms with Gasteiger partial charge in [0.25, 0.3) is 6.71 Å². The van der Waals surface area contributed by atoms with E-state index in [1.165, 1.54) is 66.7 Å². The van der Waals surface area contributed by atoms with Crippen molar-refractivity contribution in [2.45, 2.75) is 52.4 Å². The van der Waals surface area contributed by atoms with Gasteiger partial charge in [0.05, 0.1) is 0 Å². The number of hydrogen-bond donors (Lipinski definition) is 0. The van der Waals surface area contributed by atoms with Crippen LogP contribution >= 0.6 is 0 Å². The van der Waals surface area contributed by atoms with Gasteiger partial charge in [-0.2, -0.15) is 0 Å². The van der Waals surface area contributed by atoms with E-state index in [4.69, 9.17) is 4.42 Å². The molecule has 0 fully saturated rings. The Kier molecular flexibility index (Phi) is 7.48. The Labute approximate surface area is 341 Å². The first-order valence-corrected chi connectivity index (χ1v) is 20.5. The molecule has 8 aromatic carbocycles. The summed E-state index contributed by atoms with van der Waals surface area (Å²) in [5.74, 6) is 0. The molecule has 1 aromatic heterocycles. The molecule has 0 radical (unpaired) electrons. The second kappa shape index (κ2) is 12.5. The highest BCUT2D eigenvalue weighted by molar-refractivity contribution is 7.00. The largest absolute Gasteiger partial charge is 0.455 e. The summed E-state index contributed by atoms with van der Waals surface area (Å²) in [6, 6.07) is 60.8. The summed E-state index contributed by atoms with van der Waals surface area (Å²) in [6.45, 7) is 14.0. The van der Waals surface area contributed by atoms with Crippen molar-refractivity contribution in [3.8, 4) is 11.1 Å². The van der Waals surface area contributed by atoms with Crippen LogP contribution in [-0.4, -0.2) is 6.71 Å². The van der Waals surface area contributed by atoms with Gasteiger partial charge in [-0.3, -0.25) is 0 Å². The number of para-hydroxylation sites is 2. The number of fused-ring (bicyclic) bond motifs is 8. The van der Waals surface area contributed by atoms with Gasteiger partial charge in [0.1, 0.15) is 11.2 Å². The average molecular weight is 749 g/mol. The molecule has 0 N–H and O–H groups in total. The average Bonchev–Trinajstić information content (AvgIpc) is 3.61. The van der Waals surface area contributed by atoms with Gasteiger partial charge in [0.2, 0.25) is 0 Å². The number of benzene rings is 8. The minimum absolute atomic E-state index is 0.00498. The Balaban J connectivity index is 1.13. The van der Waals surface area contributed by atoms with Crippen LogP contribution in [0.5, 0.6) is 0 Å². The minimum Gasteiger partial charge on any atom is -0.455 e. The van der Waals surface area contributed by atoms with Gasteiger partial charge in [-0.1, -0.05) is 151 Å². The molecule has 58 heavy (non-hydrogen) atoms. The topological polar surface area (TPSA) is 19.6 Å². The smallest absolute Gasteiger partial charge is 0.252 e. The monoisotopic (exact) mass is 748 g/mol. The molecule has 0 saturated heterocycles. The van der Waals surface area contributed by atoms with E-state index in [1.807, 2.05) is 6.07 Å². The summed E-state index contributed by atoms with van der Waals surface area (Å²) in [7, 11) is 0. The predicted octanol–water partition coefficient (Wildman–Crippen LogP) is 13.1. The summed E-state index contributed by atoms with van der Waals surface area (Å²) in [4.78, 5) is 5.02. The van der Waals surface area contributed by atoms with E-state index in [9.17, 15) is 0 Å². The van der Waals surface area contributed by atoms with Gasteiger partial charge in [0.15, 0.2) is 0 Å². The fourth-order valence-electron chi connectivity index (χ4n) is 9.51. The Morgan fingerprint density at radius 1 is 0.448 bits per heavy atom. The van der Waals surface area contributed by atoms with E-state index in [0.29, 0.717) is 0 Å². The van der Waals surface area contributed by atoms with Crippen molar-refractivity contribution in [1.82, 2.24) is 0 Å². The standard InChI is InChI=1S/C54H45BN2O/c1-53(2,3)37-25-30-46-45(32-37)55-44-29-24-38(54(4,5)6)33-49(44)57(40-28-21-34-13-7-8-14-36(34)31-40)48-19-12-18-47(51(48)55)56(46)39-26-22-35(23-27-39)41-16-11-17-43-42-15-9-10-20-50(42)58-52(41)43/h7-33H,1-6H3. The second-order valence-electron chi connectivity index (χ2n) is 18.2. The van der Waals surface area contributed by atoms with Gasteiger partial charge in [-0.25, -0.2) is 0 Å². The van der Waals surface area contributed by atoms with E-state index in [1.54, 1.807) is 0 Å². The first-order valence-electron chi connectivity index (χ1n) is 20.5. The van der Waals surface area contributed by atoms with Gasteiger partial charge in [0, 0.05) is 50.5 Å². The molecule has 0 amide bonds. The van der Waals surface area contributed by atoms with Crippen LogP contribution in [0.25, 0.3) is 43.8 Å². The first-order chi connectivity index (χ1) is 28.0. The zero-order chi connectivity index (χ0) is 39.5. The summed E-state index contributed by atoms with van der Waals surface area (Å²) >= 11 is 0. The lowest BCUT2D eigenvalue weighted by atomic mass is 9.33. The molecular formula is C54H45BN2O. The molecule has 3 nitrogen and oxygen atoms in total. The lowest BCUT2D eigenvalue weighted by Crippen LogP contribution is -2.61. The summed E-state index contributed by atoms with van der Waals surface area (Å²) in [5.41, 5.74) is 17.9. The zero-order valence-corrected chi connectivity index (χ0v) is 34.0. The van der Waals surface area contributed by atoms with E-state index in [2.05, 4.69) is 209 Å². The van der Waals surface area contributed by atoms with Crippen molar-refractivity contribution in [2.24, 2.45) is 0 Å². The zero-order valence-electron chi connectivity index (χ0n) is 34.0. The van der Waals surface area contributed by atoms with Crippen LogP contribution in [0.1, 0.15) is 52.7 Å². The highest BCUT2D eigenvalue weighted by Gasteiger charge is 2.44. The highest BCUT2D eigenvalue weighted by Crippen LogP contribution is 2.46. The number of hydrogen-bond acceptors (Lipinski definition) is 3. The van der Waals surface area contributed by atoms with Crippen LogP contribution in [0.2, 0.25) is 0 Å². The Morgan fingerprint density at radius 2 is 1.09 bits per heavy atom. The third kappa shape index (κ3) is 5.28. The van der Waals surface area contributed by atoms with Crippen LogP contribution in [0.4, 0.5) is 34.1 Å². The van der Waals surface area contributed by atoms with Crippen molar-refractivity contribution in [2.75, 3.05) is 9.80 Å². The van der Waals surface area contributed by atoms with E-state index >= 15 is 0 Å². The van der Waals surface area contributed by atoms with Gasteiger partial charge >= 0.3 is 0 Å². The maximum absolute atomic E-state index is 6.47. The van der Waals surface area contributed by atoms with Crippen molar-refractivity contribution in [3.63, 3.8) is 0 Å². The normalized spacial score (nSPS) is 13.6. The van der Waals surface area contributed by atoms with E-state index in [-0.39, 0.29) is 17.5 Å². The fourth-order valence-corrected chi connectivity index (χ4v) is 9.51. The van der Waals surface area contributed by atoms with Crippen LogP contribution in [0, 0.1) is 0 Å². The Hall–Kier alpha value is -6.52. The molecule has 3 heterocycles. The fraction of sp³-hybridized carbons (Fsp3) is 0.148. The first kappa shape index (κ1) is 34.7. The molecule has 0 saturated carbocycles. The molecule has 280 valence electrons. The molecule has 9 aromatic rings. The van der Waals surface area contributed by atoms with Gasteiger partial charge < -0.3 is 14.2 Å². The van der Waals surface area contributed by atoms with Crippen molar-refractivity contribution >= 4 is 89.9 Å². The van der Waals surface area contributed by atoms with Crippen molar-refractivity contribution in [3.05, 3.63) is 175 Å². The van der Waals surface area contributed by atoms with Gasteiger partial charge in [-0.05, 0) is 109 Å². The molecule has 4 heteroatoms. The van der Waals surface area contributed by atoms with Crippen molar-refractivity contribution < 1.29 is 4.42 Å². The lowest BCUT2D eigenvalue weighted by Gasteiger charge is -2.44. The number of furan rings is 1. The SMILES string of the molecule is CC(C)(C)c1ccc2c(c1)B1c3ccc(C(C)(C)C)cc3N(c3ccc4ccccc4c3)c3cccc(c31)N2c1ccc(-c2cccc3c2oc2ccccc23)cc1. The third-order valence-electron chi connectivity index (χ3n) is 12.6. The Morgan fingerprint density at radius 3 is 1.86 bits per heavy atom. The molecule has 11 rings (SSSR count). The van der Waals surface area contributed by atoms with E-state index < -0.39 is 0 Å². The van der Waals surface area contributed by atoms with Crippen LogP contribution in [0.15, 0.2) is 168 Å². The number of anilines is 6. The second-order valence-corrected chi connectivity index (χ2v) is 18.2. The molecule has 0 spiro atoms. The quantitative estimate of drug-likeness (QED) is 0.168. The minimum atomic E-state index is -0.0102. The third-order valence-corrected chi connectivity index (χ3v) is 12.6. The molecular weight excluding hydrogens is 703 g/mol. The van der Waals surface area contributed by atoms with Crippen molar-refractivity contribution in [1.29, 1.82) is 0 Å². The van der Waals surface area contributed by atoms with E-state index in [0.717, 1.165) is 38.8 Å². The maximum atomic E-state index is 6.47. The molecule has 2 aliphatic rings. The summed E-state index contributed by atoms with van der Waals surface area (Å²) in [5, 5.41) is 4.77.